The Morgan fingerprint density at radius 3 is 2.63 bits per heavy atom. The highest BCUT2D eigenvalue weighted by molar-refractivity contribution is 6.66. The summed E-state index contributed by atoms with van der Waals surface area (Å²) in [6.45, 7) is 0.441. The summed E-state index contributed by atoms with van der Waals surface area (Å²) in [5.74, 6) is -0.538. The van der Waals surface area contributed by atoms with E-state index in [4.69, 9.17) is 39.9 Å². The topological polar surface area (TPSA) is 55.1 Å². The van der Waals surface area contributed by atoms with E-state index >= 15 is 0 Å². The Labute approximate surface area is 124 Å². The molecule has 0 aliphatic rings. The van der Waals surface area contributed by atoms with Crippen molar-refractivity contribution in [3.8, 4) is 0 Å². The Bertz CT molecular complexity index is 605. The van der Waals surface area contributed by atoms with Gasteiger partial charge in [-0.15, -0.1) is 0 Å². The van der Waals surface area contributed by atoms with E-state index < -0.39 is 9.76 Å². The average molecular weight is 322 g/mol. The maximum absolute atomic E-state index is 10.6. The zero-order valence-corrected chi connectivity index (χ0v) is 12.1. The SMILES string of the molecule is O=C(O)CCCn1c(C(Cl)(Cl)Cl)nc2ccccc21. The van der Waals surface area contributed by atoms with Gasteiger partial charge in [-0.25, -0.2) is 4.98 Å². The highest BCUT2D eigenvalue weighted by atomic mass is 35.6. The van der Waals surface area contributed by atoms with E-state index in [1.54, 1.807) is 4.57 Å². The van der Waals surface area contributed by atoms with Crippen LogP contribution in [0.25, 0.3) is 11.0 Å². The molecule has 1 heterocycles. The standard InChI is InChI=1S/C12H11Cl3N2O2/c13-12(14,15)11-16-8-4-1-2-5-9(8)17(11)7-3-6-10(18)19/h1-2,4-5H,3,6-7H2,(H,18,19). The molecular weight excluding hydrogens is 311 g/mol. The van der Waals surface area contributed by atoms with Crippen molar-refractivity contribution in [2.24, 2.45) is 0 Å². The van der Waals surface area contributed by atoms with Crippen LogP contribution in [-0.4, -0.2) is 20.6 Å². The molecule has 0 bridgehead atoms. The molecule has 19 heavy (non-hydrogen) atoms. The zero-order chi connectivity index (χ0) is 14.0. The summed E-state index contributed by atoms with van der Waals surface area (Å²) in [5.41, 5.74) is 1.55. The molecule has 1 N–H and O–H groups in total. The Balaban J connectivity index is 2.40. The van der Waals surface area contributed by atoms with E-state index in [2.05, 4.69) is 4.98 Å². The van der Waals surface area contributed by atoms with Gasteiger partial charge in [-0.05, 0) is 18.6 Å². The lowest BCUT2D eigenvalue weighted by Crippen LogP contribution is -2.13. The van der Waals surface area contributed by atoms with Crippen LogP contribution in [0, 0.1) is 0 Å². The van der Waals surface area contributed by atoms with Crippen LogP contribution in [0.15, 0.2) is 24.3 Å². The molecule has 1 aromatic carbocycles. The fourth-order valence-electron chi connectivity index (χ4n) is 1.91. The Hall–Kier alpha value is -0.970. The van der Waals surface area contributed by atoms with Crippen molar-refractivity contribution >= 4 is 51.8 Å². The molecule has 0 aliphatic heterocycles. The number of fused-ring (bicyclic) bond motifs is 1. The van der Waals surface area contributed by atoms with Gasteiger partial charge in [0.2, 0.25) is 3.79 Å². The van der Waals surface area contributed by atoms with Gasteiger partial charge in [0.05, 0.1) is 11.0 Å². The summed E-state index contributed by atoms with van der Waals surface area (Å²) in [6.07, 6.45) is 0.509. The summed E-state index contributed by atoms with van der Waals surface area (Å²) in [6, 6.07) is 7.39. The molecule has 0 radical (unpaired) electrons. The van der Waals surface area contributed by atoms with Crippen molar-refractivity contribution in [3.63, 3.8) is 0 Å². The average Bonchev–Trinajstić information content (AvgIpc) is 2.68. The number of hydrogen-bond donors (Lipinski definition) is 1. The monoisotopic (exact) mass is 320 g/mol. The minimum absolute atomic E-state index is 0.0613. The van der Waals surface area contributed by atoms with Crippen LogP contribution < -0.4 is 0 Å². The maximum Gasteiger partial charge on any atom is 0.303 e. The molecule has 102 valence electrons. The smallest absolute Gasteiger partial charge is 0.303 e. The van der Waals surface area contributed by atoms with Crippen molar-refractivity contribution in [2.45, 2.75) is 23.2 Å². The number of para-hydroxylation sites is 2. The van der Waals surface area contributed by atoms with Gasteiger partial charge < -0.3 is 9.67 Å². The normalized spacial score (nSPS) is 11.9. The largest absolute Gasteiger partial charge is 0.481 e. The Kier molecular flexibility index (Phi) is 4.23. The number of carboxylic acid groups (broad SMARTS) is 1. The van der Waals surface area contributed by atoms with Crippen molar-refractivity contribution in [1.82, 2.24) is 9.55 Å². The summed E-state index contributed by atoms with van der Waals surface area (Å²) in [5, 5.41) is 8.68. The van der Waals surface area contributed by atoms with E-state index in [1.165, 1.54) is 0 Å². The first-order chi connectivity index (χ1) is 8.89. The van der Waals surface area contributed by atoms with E-state index in [0.717, 1.165) is 11.0 Å². The lowest BCUT2D eigenvalue weighted by Gasteiger charge is -2.13. The van der Waals surface area contributed by atoms with Crippen LogP contribution in [0.4, 0.5) is 0 Å². The predicted octanol–water partition coefficient (Wildman–Crippen LogP) is 3.73. The molecule has 0 amide bonds. The second kappa shape index (κ2) is 5.57. The number of hydrogen-bond acceptors (Lipinski definition) is 2. The Morgan fingerprint density at radius 1 is 1.32 bits per heavy atom. The maximum atomic E-state index is 10.6. The van der Waals surface area contributed by atoms with Gasteiger partial charge in [0, 0.05) is 13.0 Å². The first-order valence-corrected chi connectivity index (χ1v) is 6.77. The third-order valence-electron chi connectivity index (χ3n) is 2.68. The van der Waals surface area contributed by atoms with Crippen LogP contribution in [0.2, 0.25) is 0 Å². The number of aromatic nitrogens is 2. The van der Waals surface area contributed by atoms with E-state index in [1.807, 2.05) is 24.3 Å². The molecule has 0 fully saturated rings. The first kappa shape index (κ1) is 14.4. The minimum Gasteiger partial charge on any atom is -0.481 e. The highest BCUT2D eigenvalue weighted by Crippen LogP contribution is 2.39. The lowest BCUT2D eigenvalue weighted by molar-refractivity contribution is -0.137. The molecule has 0 unspecified atom stereocenters. The third kappa shape index (κ3) is 3.32. The first-order valence-electron chi connectivity index (χ1n) is 5.64. The van der Waals surface area contributed by atoms with Crippen LogP contribution in [0.1, 0.15) is 18.7 Å². The number of aliphatic carboxylic acids is 1. The second-order valence-corrected chi connectivity index (χ2v) is 6.35. The summed E-state index contributed by atoms with van der Waals surface area (Å²) in [7, 11) is 0. The molecule has 0 spiro atoms. The molecule has 0 saturated carbocycles. The fraction of sp³-hybridized carbons (Fsp3) is 0.333. The van der Waals surface area contributed by atoms with Crippen LogP contribution in [-0.2, 0) is 15.1 Å². The lowest BCUT2D eigenvalue weighted by atomic mass is 10.3. The molecule has 0 aliphatic carbocycles. The molecule has 2 rings (SSSR count). The molecule has 2 aromatic rings. The number of rotatable bonds is 4. The van der Waals surface area contributed by atoms with Crippen LogP contribution in [0.3, 0.4) is 0 Å². The molecule has 0 atom stereocenters. The number of benzene rings is 1. The molecule has 4 nitrogen and oxygen atoms in total. The van der Waals surface area contributed by atoms with Crippen LogP contribution >= 0.6 is 34.8 Å². The number of imidazole rings is 1. The number of carboxylic acids is 1. The second-order valence-electron chi connectivity index (χ2n) is 4.07. The number of carbonyl (C=O) groups is 1. The number of halogens is 3. The van der Waals surface area contributed by atoms with Gasteiger partial charge in [0.1, 0.15) is 0 Å². The van der Waals surface area contributed by atoms with Gasteiger partial charge in [-0.2, -0.15) is 0 Å². The number of alkyl halides is 3. The quantitative estimate of drug-likeness (QED) is 0.873. The summed E-state index contributed by atoms with van der Waals surface area (Å²) >= 11 is 17.7. The van der Waals surface area contributed by atoms with Gasteiger partial charge in [-0.1, -0.05) is 46.9 Å². The minimum atomic E-state index is -1.64. The number of nitrogens with zero attached hydrogens (tertiary/aromatic N) is 2. The van der Waals surface area contributed by atoms with Gasteiger partial charge in [-0.3, -0.25) is 4.79 Å². The highest BCUT2D eigenvalue weighted by Gasteiger charge is 2.30. The van der Waals surface area contributed by atoms with Crippen molar-refractivity contribution in [3.05, 3.63) is 30.1 Å². The van der Waals surface area contributed by atoms with E-state index in [9.17, 15) is 4.79 Å². The Morgan fingerprint density at radius 2 is 2.00 bits per heavy atom. The number of aryl methyl sites for hydroxylation is 1. The van der Waals surface area contributed by atoms with Gasteiger partial charge in [0.15, 0.2) is 5.82 Å². The molecule has 0 saturated heterocycles. The molecule has 1 aromatic heterocycles. The predicted molar refractivity (Wildman–Crippen MR) is 75.8 cm³/mol. The zero-order valence-electron chi connectivity index (χ0n) is 9.81. The van der Waals surface area contributed by atoms with E-state index in [-0.39, 0.29) is 6.42 Å². The van der Waals surface area contributed by atoms with Gasteiger partial charge >= 0.3 is 5.97 Å². The van der Waals surface area contributed by atoms with Crippen LogP contribution in [0.5, 0.6) is 0 Å². The van der Waals surface area contributed by atoms with E-state index in [0.29, 0.717) is 18.8 Å². The van der Waals surface area contributed by atoms with Crippen molar-refractivity contribution < 1.29 is 9.90 Å². The van der Waals surface area contributed by atoms with Crippen molar-refractivity contribution in [1.29, 1.82) is 0 Å². The summed E-state index contributed by atoms with van der Waals surface area (Å²) in [4.78, 5) is 14.9. The van der Waals surface area contributed by atoms with Crippen molar-refractivity contribution in [2.75, 3.05) is 0 Å². The molecular formula is C12H11Cl3N2O2. The third-order valence-corrected chi connectivity index (χ3v) is 3.19. The molecule has 7 heteroatoms. The van der Waals surface area contributed by atoms with Gasteiger partial charge in [0.25, 0.3) is 0 Å². The summed E-state index contributed by atoms with van der Waals surface area (Å²) < 4.78 is 0.119. The fourth-order valence-corrected chi connectivity index (χ4v) is 2.34.